The molecule has 2 saturated heterocycles. The second kappa shape index (κ2) is 4.84. The van der Waals surface area contributed by atoms with Crippen molar-refractivity contribution in [2.75, 3.05) is 12.4 Å². The predicted octanol–water partition coefficient (Wildman–Crippen LogP) is 2.21. The summed E-state index contributed by atoms with van der Waals surface area (Å²) in [7, 11) is 2.29. The highest BCUT2D eigenvalue weighted by Gasteiger charge is 2.36. The average molecular weight is 246 g/mol. The van der Waals surface area contributed by atoms with Crippen LogP contribution in [-0.2, 0) is 0 Å². The summed E-state index contributed by atoms with van der Waals surface area (Å²) in [6.45, 7) is 2.01. The zero-order valence-electron chi connectivity index (χ0n) is 11.3. The number of fused-ring (bicyclic) bond motifs is 2. The lowest BCUT2D eigenvalue weighted by atomic mass is 9.82. The molecular formula is C14H22N4. The van der Waals surface area contributed by atoms with Gasteiger partial charge >= 0.3 is 0 Å². The number of nitrogens with one attached hydrogen (secondary N) is 1. The third kappa shape index (κ3) is 2.34. The summed E-state index contributed by atoms with van der Waals surface area (Å²) in [6.07, 6.45) is 8.38. The van der Waals surface area contributed by atoms with Crippen LogP contribution in [-0.4, -0.2) is 40.0 Å². The normalized spacial score (nSPS) is 32.2. The number of piperidine rings is 2. The first kappa shape index (κ1) is 11.9. The molecule has 1 aromatic heterocycles. The predicted molar refractivity (Wildman–Crippen MR) is 72.6 cm³/mol. The number of hydrogen-bond acceptors (Lipinski definition) is 4. The zero-order valence-corrected chi connectivity index (χ0v) is 11.3. The molecule has 2 unspecified atom stereocenters. The van der Waals surface area contributed by atoms with Crippen molar-refractivity contribution in [1.82, 2.24) is 14.9 Å². The van der Waals surface area contributed by atoms with Crippen LogP contribution in [0.15, 0.2) is 12.3 Å². The van der Waals surface area contributed by atoms with E-state index in [-0.39, 0.29) is 0 Å². The molecule has 98 valence electrons. The standard InChI is InChI=1S/C14H22N4/c1-10-6-7-15-14(16-10)17-11-8-12-4-3-5-13(9-11)18(12)2/h6-7,11-13H,3-5,8-9H2,1-2H3,(H,15,16,17). The van der Waals surface area contributed by atoms with Gasteiger partial charge in [-0.25, -0.2) is 9.97 Å². The Bertz CT molecular complexity index is 406. The Hall–Kier alpha value is -1.16. The van der Waals surface area contributed by atoms with Gasteiger partial charge in [-0.3, -0.25) is 0 Å². The van der Waals surface area contributed by atoms with Crippen LogP contribution in [0.3, 0.4) is 0 Å². The van der Waals surface area contributed by atoms with Crippen LogP contribution >= 0.6 is 0 Å². The van der Waals surface area contributed by atoms with Crippen molar-refractivity contribution in [2.24, 2.45) is 0 Å². The van der Waals surface area contributed by atoms with Gasteiger partial charge in [-0.2, -0.15) is 0 Å². The van der Waals surface area contributed by atoms with E-state index >= 15 is 0 Å². The molecule has 2 fully saturated rings. The topological polar surface area (TPSA) is 41.1 Å². The maximum absolute atomic E-state index is 4.44. The molecule has 4 heteroatoms. The van der Waals surface area contributed by atoms with Gasteiger partial charge in [0.15, 0.2) is 0 Å². The molecule has 0 amide bonds. The minimum atomic E-state index is 0.540. The quantitative estimate of drug-likeness (QED) is 0.868. The highest BCUT2D eigenvalue weighted by molar-refractivity contribution is 5.27. The van der Waals surface area contributed by atoms with Gasteiger partial charge < -0.3 is 10.2 Å². The Morgan fingerprint density at radius 1 is 1.28 bits per heavy atom. The van der Waals surface area contributed by atoms with E-state index in [1.165, 1.54) is 32.1 Å². The summed E-state index contributed by atoms with van der Waals surface area (Å²) in [5.41, 5.74) is 1.03. The molecule has 0 radical (unpaired) electrons. The smallest absolute Gasteiger partial charge is 0.223 e. The number of aromatic nitrogens is 2. The molecule has 4 nitrogen and oxygen atoms in total. The fraction of sp³-hybridized carbons (Fsp3) is 0.714. The summed E-state index contributed by atoms with van der Waals surface area (Å²) >= 11 is 0. The molecule has 18 heavy (non-hydrogen) atoms. The number of aryl methyl sites for hydroxylation is 1. The third-order valence-corrected chi connectivity index (χ3v) is 4.47. The second-order valence-electron chi connectivity index (χ2n) is 5.74. The van der Waals surface area contributed by atoms with E-state index in [9.17, 15) is 0 Å². The minimum Gasteiger partial charge on any atom is -0.351 e. The van der Waals surface area contributed by atoms with Crippen LogP contribution in [0.25, 0.3) is 0 Å². The number of anilines is 1. The van der Waals surface area contributed by atoms with E-state index in [0.29, 0.717) is 6.04 Å². The lowest BCUT2D eigenvalue weighted by Gasteiger charge is -2.47. The Morgan fingerprint density at radius 3 is 2.67 bits per heavy atom. The fourth-order valence-corrected chi connectivity index (χ4v) is 3.43. The first-order chi connectivity index (χ1) is 8.72. The summed E-state index contributed by atoms with van der Waals surface area (Å²) in [6, 6.07) is 3.98. The Labute approximate surface area is 109 Å². The molecule has 0 aromatic carbocycles. The maximum atomic E-state index is 4.44. The number of hydrogen-bond donors (Lipinski definition) is 1. The summed E-state index contributed by atoms with van der Waals surface area (Å²) in [5.74, 6) is 0.794. The van der Waals surface area contributed by atoms with Crippen LogP contribution in [0.2, 0.25) is 0 Å². The van der Waals surface area contributed by atoms with E-state index in [4.69, 9.17) is 0 Å². The van der Waals surface area contributed by atoms with Gasteiger partial charge in [-0.15, -0.1) is 0 Å². The number of rotatable bonds is 2. The largest absolute Gasteiger partial charge is 0.351 e. The molecule has 2 aliphatic heterocycles. The SMILES string of the molecule is Cc1ccnc(NC2CC3CCCC(C2)N3C)n1. The van der Waals surface area contributed by atoms with Crippen molar-refractivity contribution in [2.45, 2.75) is 57.2 Å². The molecule has 2 bridgehead atoms. The molecule has 2 aliphatic rings. The summed E-state index contributed by atoms with van der Waals surface area (Å²) < 4.78 is 0. The van der Waals surface area contributed by atoms with Crippen LogP contribution < -0.4 is 5.32 Å². The lowest BCUT2D eigenvalue weighted by molar-refractivity contribution is 0.0607. The molecular weight excluding hydrogens is 224 g/mol. The minimum absolute atomic E-state index is 0.540. The highest BCUT2D eigenvalue weighted by atomic mass is 15.2. The monoisotopic (exact) mass is 246 g/mol. The molecule has 1 aromatic rings. The van der Waals surface area contributed by atoms with E-state index in [1.54, 1.807) is 0 Å². The maximum Gasteiger partial charge on any atom is 0.223 e. The first-order valence-corrected chi connectivity index (χ1v) is 7.00. The Balaban J connectivity index is 1.68. The van der Waals surface area contributed by atoms with Gasteiger partial charge in [0.1, 0.15) is 0 Å². The third-order valence-electron chi connectivity index (χ3n) is 4.47. The molecule has 1 N–H and O–H groups in total. The summed E-state index contributed by atoms with van der Waals surface area (Å²) in [5, 5.41) is 3.52. The molecule has 0 spiro atoms. The van der Waals surface area contributed by atoms with Gasteiger partial charge in [0.2, 0.25) is 5.95 Å². The van der Waals surface area contributed by atoms with Crippen molar-refractivity contribution in [3.05, 3.63) is 18.0 Å². The Kier molecular flexibility index (Phi) is 3.20. The molecule has 0 aliphatic carbocycles. The van der Waals surface area contributed by atoms with E-state index in [1.807, 2.05) is 19.2 Å². The van der Waals surface area contributed by atoms with Crippen LogP contribution in [0.1, 0.15) is 37.8 Å². The van der Waals surface area contributed by atoms with Crippen molar-refractivity contribution in [3.8, 4) is 0 Å². The van der Waals surface area contributed by atoms with Crippen LogP contribution in [0, 0.1) is 6.92 Å². The molecule has 0 saturated carbocycles. The van der Waals surface area contributed by atoms with Crippen molar-refractivity contribution in [1.29, 1.82) is 0 Å². The number of nitrogens with zero attached hydrogens (tertiary/aromatic N) is 3. The molecule has 3 rings (SSSR count). The first-order valence-electron chi connectivity index (χ1n) is 7.00. The van der Waals surface area contributed by atoms with Crippen molar-refractivity contribution < 1.29 is 0 Å². The van der Waals surface area contributed by atoms with Gasteiger partial charge in [0, 0.05) is 30.0 Å². The second-order valence-corrected chi connectivity index (χ2v) is 5.74. The average Bonchev–Trinajstić information content (AvgIpc) is 2.30. The van der Waals surface area contributed by atoms with Gasteiger partial charge in [0.05, 0.1) is 0 Å². The van der Waals surface area contributed by atoms with Crippen molar-refractivity contribution in [3.63, 3.8) is 0 Å². The fourth-order valence-electron chi connectivity index (χ4n) is 3.43. The van der Waals surface area contributed by atoms with Gasteiger partial charge in [0.25, 0.3) is 0 Å². The van der Waals surface area contributed by atoms with E-state index in [2.05, 4.69) is 27.2 Å². The highest BCUT2D eigenvalue weighted by Crippen LogP contribution is 2.33. The lowest BCUT2D eigenvalue weighted by Crippen LogP contribution is -2.52. The van der Waals surface area contributed by atoms with Crippen LogP contribution in [0.5, 0.6) is 0 Å². The zero-order chi connectivity index (χ0) is 12.5. The van der Waals surface area contributed by atoms with Crippen molar-refractivity contribution >= 4 is 5.95 Å². The summed E-state index contributed by atoms with van der Waals surface area (Å²) in [4.78, 5) is 11.3. The Morgan fingerprint density at radius 2 is 2.00 bits per heavy atom. The van der Waals surface area contributed by atoms with Gasteiger partial charge in [-0.05, 0) is 45.7 Å². The van der Waals surface area contributed by atoms with E-state index < -0.39 is 0 Å². The molecule has 3 heterocycles. The molecule has 2 atom stereocenters. The van der Waals surface area contributed by atoms with Gasteiger partial charge in [-0.1, -0.05) is 6.42 Å². The van der Waals surface area contributed by atoms with Crippen LogP contribution in [0.4, 0.5) is 5.95 Å². The van der Waals surface area contributed by atoms with E-state index in [0.717, 1.165) is 23.7 Å².